The fraction of sp³-hybridized carbons (Fsp3) is 0. The fourth-order valence-electron chi connectivity index (χ4n) is 5.43. The van der Waals surface area contributed by atoms with E-state index >= 15 is 0 Å². The van der Waals surface area contributed by atoms with Gasteiger partial charge in [-0.2, -0.15) is 0 Å². The van der Waals surface area contributed by atoms with Crippen molar-refractivity contribution >= 4 is 63.5 Å². The fourth-order valence-corrected chi connectivity index (χ4v) is 6.35. The van der Waals surface area contributed by atoms with E-state index in [0.717, 1.165) is 16.9 Å². The van der Waals surface area contributed by atoms with E-state index in [-0.39, 0.29) is 0 Å². The Balaban J connectivity index is 1.07. The summed E-state index contributed by atoms with van der Waals surface area (Å²) < 4.78 is 0. The maximum atomic E-state index is 2.33. The molecule has 0 saturated carbocycles. The lowest BCUT2D eigenvalue weighted by molar-refractivity contribution is 1.30. The maximum absolute atomic E-state index is 2.33. The Morgan fingerprint density at radius 3 is 1.66 bits per heavy atom. The molecule has 2 heteroatoms. The van der Waals surface area contributed by atoms with Gasteiger partial charge in [0.15, 0.2) is 0 Å². The van der Waals surface area contributed by atoms with E-state index < -0.39 is 0 Å². The van der Waals surface area contributed by atoms with Gasteiger partial charge in [0, 0.05) is 26.5 Å². The highest BCUT2D eigenvalue weighted by molar-refractivity contribution is 7.16. The molecule has 1 heterocycles. The lowest BCUT2D eigenvalue weighted by atomic mass is 10.1. The van der Waals surface area contributed by atoms with E-state index in [9.17, 15) is 0 Å². The topological polar surface area (TPSA) is 3.24 Å². The Hall–Kier alpha value is -5.44. The summed E-state index contributed by atoms with van der Waals surface area (Å²) in [7, 11) is 0. The zero-order valence-corrected chi connectivity index (χ0v) is 25.1. The minimum absolute atomic E-state index is 1.13. The monoisotopic (exact) mass is 581 g/mol. The molecule has 1 aromatic heterocycles. The summed E-state index contributed by atoms with van der Waals surface area (Å²) in [6, 6.07) is 58.1. The van der Waals surface area contributed by atoms with Gasteiger partial charge < -0.3 is 4.90 Å². The molecule has 0 aliphatic carbocycles. The van der Waals surface area contributed by atoms with Crippen LogP contribution in [0.4, 0.5) is 17.1 Å². The van der Waals surface area contributed by atoms with Crippen LogP contribution in [0.25, 0.3) is 45.5 Å². The first-order valence-corrected chi connectivity index (χ1v) is 15.7. The number of fused-ring (bicyclic) bond motifs is 1. The van der Waals surface area contributed by atoms with Gasteiger partial charge in [-0.3, -0.25) is 0 Å². The van der Waals surface area contributed by atoms with Crippen molar-refractivity contribution < 1.29 is 0 Å². The van der Waals surface area contributed by atoms with Crippen LogP contribution in [0.15, 0.2) is 164 Å². The first kappa shape index (κ1) is 27.4. The summed E-state index contributed by atoms with van der Waals surface area (Å²) in [6.45, 7) is 0. The number of thiophene rings is 1. The highest BCUT2D eigenvalue weighted by Crippen LogP contribution is 2.38. The number of rotatable bonds is 8. The SMILES string of the molecule is C(=C\c1ccc(N(c2ccccc2)c2cccc3ccccc23)cc1)/c1ccc(/C=C/c2ccc(-c3ccccc3)s2)cc1. The first-order chi connectivity index (χ1) is 21.8. The average Bonchev–Trinajstić information content (AvgIpc) is 3.58. The lowest BCUT2D eigenvalue weighted by Crippen LogP contribution is -2.10. The van der Waals surface area contributed by atoms with Gasteiger partial charge in [-0.1, -0.05) is 140 Å². The van der Waals surface area contributed by atoms with Crippen LogP contribution in [0.1, 0.15) is 21.6 Å². The highest BCUT2D eigenvalue weighted by Gasteiger charge is 2.14. The summed E-state index contributed by atoms with van der Waals surface area (Å²) in [6.07, 6.45) is 8.73. The molecule has 0 fully saturated rings. The van der Waals surface area contributed by atoms with Crippen molar-refractivity contribution in [3.8, 4) is 10.4 Å². The molecule has 0 N–H and O–H groups in total. The molecule has 1 nitrogen and oxygen atoms in total. The summed E-state index contributed by atoms with van der Waals surface area (Å²) in [4.78, 5) is 4.88. The molecular formula is C42H31NS. The van der Waals surface area contributed by atoms with Crippen LogP contribution in [0.5, 0.6) is 0 Å². The van der Waals surface area contributed by atoms with Gasteiger partial charge in [0.05, 0.1) is 5.69 Å². The van der Waals surface area contributed by atoms with E-state index in [1.165, 1.54) is 42.9 Å². The quantitative estimate of drug-likeness (QED) is 0.161. The van der Waals surface area contributed by atoms with Crippen molar-refractivity contribution in [3.05, 3.63) is 185 Å². The third-order valence-electron chi connectivity index (χ3n) is 7.70. The zero-order valence-electron chi connectivity index (χ0n) is 24.3. The van der Waals surface area contributed by atoms with Gasteiger partial charge in [0.25, 0.3) is 0 Å². The van der Waals surface area contributed by atoms with Crippen LogP contribution >= 0.6 is 11.3 Å². The van der Waals surface area contributed by atoms with Crippen molar-refractivity contribution in [1.29, 1.82) is 0 Å². The van der Waals surface area contributed by atoms with Gasteiger partial charge in [0.1, 0.15) is 0 Å². The molecule has 44 heavy (non-hydrogen) atoms. The van der Waals surface area contributed by atoms with Crippen molar-refractivity contribution in [2.24, 2.45) is 0 Å². The molecule has 7 rings (SSSR count). The number of para-hydroxylation sites is 1. The Morgan fingerprint density at radius 1 is 0.409 bits per heavy atom. The first-order valence-electron chi connectivity index (χ1n) is 14.8. The molecule has 0 aliphatic heterocycles. The van der Waals surface area contributed by atoms with Gasteiger partial charge in [0.2, 0.25) is 0 Å². The molecule has 0 unspecified atom stereocenters. The second-order valence-corrected chi connectivity index (χ2v) is 11.8. The molecule has 0 atom stereocenters. The highest BCUT2D eigenvalue weighted by atomic mass is 32.1. The molecule has 0 amide bonds. The van der Waals surface area contributed by atoms with Gasteiger partial charge in [-0.25, -0.2) is 0 Å². The average molecular weight is 582 g/mol. The molecule has 0 spiro atoms. The normalized spacial score (nSPS) is 11.5. The van der Waals surface area contributed by atoms with E-state index in [1.807, 2.05) is 11.3 Å². The summed E-state index contributed by atoms with van der Waals surface area (Å²) in [5, 5.41) is 2.46. The predicted octanol–water partition coefficient (Wildman–Crippen LogP) is 12.4. The van der Waals surface area contributed by atoms with Crippen LogP contribution in [-0.4, -0.2) is 0 Å². The van der Waals surface area contributed by atoms with Gasteiger partial charge >= 0.3 is 0 Å². The molecule has 0 saturated heterocycles. The Morgan fingerprint density at radius 2 is 0.955 bits per heavy atom. The predicted molar refractivity (Wildman–Crippen MR) is 193 cm³/mol. The standard InChI is InChI=1S/C42H31NS/c1-3-11-36(12-4-1)42-31-30-39(44-42)29-26-33-21-18-32(19-22-33)20-23-34-24-27-38(28-25-34)43(37-14-5-2-6-15-37)41-17-9-13-35-10-7-8-16-40(35)41/h1-31H/b23-20+,29-26+. The molecule has 210 valence electrons. The van der Waals surface area contributed by atoms with Gasteiger partial charge in [-0.15, -0.1) is 11.3 Å². The second-order valence-electron chi connectivity index (χ2n) is 10.7. The smallest absolute Gasteiger partial charge is 0.0540 e. The zero-order chi connectivity index (χ0) is 29.6. The number of anilines is 3. The summed E-state index contributed by atoms with van der Waals surface area (Å²) in [5.74, 6) is 0. The van der Waals surface area contributed by atoms with Crippen LogP contribution < -0.4 is 4.90 Å². The maximum Gasteiger partial charge on any atom is 0.0540 e. The summed E-state index contributed by atoms with van der Waals surface area (Å²) >= 11 is 1.81. The largest absolute Gasteiger partial charge is 0.310 e. The van der Waals surface area contributed by atoms with Crippen molar-refractivity contribution in [3.63, 3.8) is 0 Å². The van der Waals surface area contributed by atoms with Crippen molar-refractivity contribution in [2.75, 3.05) is 4.90 Å². The van der Waals surface area contributed by atoms with Crippen molar-refractivity contribution in [2.45, 2.75) is 0 Å². The van der Waals surface area contributed by atoms with E-state index in [4.69, 9.17) is 0 Å². The van der Waals surface area contributed by atoms with E-state index in [0.29, 0.717) is 0 Å². The Labute approximate surface area is 263 Å². The number of nitrogens with zero attached hydrogens (tertiary/aromatic N) is 1. The van der Waals surface area contributed by atoms with Crippen LogP contribution in [-0.2, 0) is 0 Å². The molecule has 0 aliphatic rings. The van der Waals surface area contributed by atoms with Gasteiger partial charge in [-0.05, 0) is 76.2 Å². The lowest BCUT2D eigenvalue weighted by Gasteiger charge is -2.27. The minimum Gasteiger partial charge on any atom is -0.310 e. The molecule has 7 aromatic rings. The molecule has 0 radical (unpaired) electrons. The number of hydrogen-bond acceptors (Lipinski definition) is 2. The molecule has 6 aromatic carbocycles. The Bertz CT molecular complexity index is 2030. The third-order valence-corrected chi connectivity index (χ3v) is 8.80. The minimum atomic E-state index is 1.13. The number of hydrogen-bond donors (Lipinski definition) is 0. The van der Waals surface area contributed by atoms with Crippen LogP contribution in [0, 0.1) is 0 Å². The Kier molecular flexibility index (Phi) is 7.99. The third kappa shape index (κ3) is 6.17. The number of benzene rings is 6. The van der Waals surface area contributed by atoms with Crippen LogP contribution in [0.2, 0.25) is 0 Å². The summed E-state index contributed by atoms with van der Waals surface area (Å²) in [5.41, 5.74) is 8.23. The molecule has 0 bridgehead atoms. The van der Waals surface area contributed by atoms with Crippen molar-refractivity contribution in [1.82, 2.24) is 0 Å². The molecular weight excluding hydrogens is 551 g/mol. The van der Waals surface area contributed by atoms with E-state index in [2.05, 4.69) is 193 Å². The van der Waals surface area contributed by atoms with Crippen LogP contribution in [0.3, 0.4) is 0 Å². The van der Waals surface area contributed by atoms with E-state index in [1.54, 1.807) is 0 Å². The second kappa shape index (κ2) is 12.8.